The Morgan fingerprint density at radius 3 is 2.65 bits per heavy atom. The van der Waals surface area contributed by atoms with E-state index in [4.69, 9.17) is 10.8 Å². The minimum atomic E-state index is -1.04. The molecule has 0 fully saturated rings. The molecule has 3 N–H and O–H groups in total. The smallest absolute Gasteiger partial charge is 0.341 e. The molecule has 0 atom stereocenters. The van der Waals surface area contributed by atoms with E-state index in [1.54, 1.807) is 7.05 Å². The second-order valence-electron chi connectivity index (χ2n) is 3.80. The second kappa shape index (κ2) is 4.29. The van der Waals surface area contributed by atoms with Crippen molar-refractivity contribution >= 4 is 11.8 Å². The number of carbonyl (C=O) groups is 1. The number of aryl methyl sites for hydroxylation is 1. The molecule has 0 aliphatic rings. The van der Waals surface area contributed by atoms with Crippen LogP contribution < -0.4 is 5.73 Å². The summed E-state index contributed by atoms with van der Waals surface area (Å²) in [6.07, 6.45) is 0.466. The molecular formula is C12H13N3O2. The first kappa shape index (κ1) is 11.2. The summed E-state index contributed by atoms with van der Waals surface area (Å²) in [5, 5.41) is 13.2. The van der Waals surface area contributed by atoms with Crippen LogP contribution in [0.1, 0.15) is 21.6 Å². The molecule has 88 valence electrons. The van der Waals surface area contributed by atoms with E-state index in [0.717, 1.165) is 5.56 Å². The molecule has 0 unspecified atom stereocenters. The molecule has 0 aliphatic heterocycles. The van der Waals surface area contributed by atoms with Gasteiger partial charge in [0.25, 0.3) is 0 Å². The van der Waals surface area contributed by atoms with Crippen molar-refractivity contribution in [3.8, 4) is 0 Å². The minimum absolute atomic E-state index is 0.0938. The molecule has 0 saturated carbocycles. The number of hydrogen-bond acceptors (Lipinski definition) is 3. The molecule has 5 heteroatoms. The van der Waals surface area contributed by atoms with Crippen LogP contribution in [0.2, 0.25) is 0 Å². The molecule has 0 saturated heterocycles. The van der Waals surface area contributed by atoms with Gasteiger partial charge in [0, 0.05) is 13.5 Å². The highest BCUT2D eigenvalue weighted by molar-refractivity contribution is 5.94. The summed E-state index contributed by atoms with van der Waals surface area (Å²) in [6.45, 7) is 0. The van der Waals surface area contributed by atoms with Gasteiger partial charge in [0.1, 0.15) is 11.4 Å². The number of nitrogens with two attached hydrogens (primary N) is 1. The van der Waals surface area contributed by atoms with E-state index in [-0.39, 0.29) is 11.4 Å². The van der Waals surface area contributed by atoms with E-state index in [1.807, 2.05) is 30.3 Å². The summed E-state index contributed by atoms with van der Waals surface area (Å²) in [7, 11) is 1.64. The summed E-state index contributed by atoms with van der Waals surface area (Å²) < 4.78 is 1.39. The third-order valence-electron chi connectivity index (χ3n) is 2.59. The van der Waals surface area contributed by atoms with Gasteiger partial charge >= 0.3 is 5.97 Å². The molecule has 1 heterocycles. The average Bonchev–Trinajstić information content (AvgIpc) is 2.56. The van der Waals surface area contributed by atoms with Crippen LogP contribution >= 0.6 is 0 Å². The third-order valence-corrected chi connectivity index (χ3v) is 2.59. The number of benzene rings is 1. The summed E-state index contributed by atoms with van der Waals surface area (Å²) in [5.74, 6) is -0.857. The number of hydrogen-bond donors (Lipinski definition) is 2. The van der Waals surface area contributed by atoms with Crippen molar-refractivity contribution in [1.29, 1.82) is 0 Å². The molecule has 1 aromatic heterocycles. The number of aromatic carboxylic acids is 1. The Labute approximate surface area is 98.5 Å². The first-order valence-corrected chi connectivity index (χ1v) is 5.18. The molecule has 5 nitrogen and oxygen atoms in total. The van der Waals surface area contributed by atoms with E-state index >= 15 is 0 Å². The Morgan fingerprint density at radius 1 is 1.41 bits per heavy atom. The van der Waals surface area contributed by atoms with Gasteiger partial charge in [-0.05, 0) is 5.56 Å². The van der Waals surface area contributed by atoms with Crippen molar-refractivity contribution in [2.75, 3.05) is 5.73 Å². The second-order valence-corrected chi connectivity index (χ2v) is 3.80. The van der Waals surface area contributed by atoms with Crippen LogP contribution in [0, 0.1) is 0 Å². The molecule has 0 aliphatic carbocycles. The predicted molar refractivity (Wildman–Crippen MR) is 63.8 cm³/mol. The summed E-state index contributed by atoms with van der Waals surface area (Å²) in [6, 6.07) is 9.57. The van der Waals surface area contributed by atoms with Gasteiger partial charge in [-0.2, -0.15) is 5.10 Å². The zero-order valence-electron chi connectivity index (χ0n) is 9.42. The summed E-state index contributed by atoms with van der Waals surface area (Å²) in [5.41, 5.74) is 7.27. The average molecular weight is 231 g/mol. The lowest BCUT2D eigenvalue weighted by molar-refractivity contribution is 0.0697. The lowest BCUT2D eigenvalue weighted by atomic mass is 10.1. The van der Waals surface area contributed by atoms with E-state index in [2.05, 4.69) is 5.10 Å². The number of aromatic nitrogens is 2. The van der Waals surface area contributed by atoms with Crippen LogP contribution in [0.3, 0.4) is 0 Å². The van der Waals surface area contributed by atoms with Crippen LogP contribution in [-0.2, 0) is 13.5 Å². The van der Waals surface area contributed by atoms with Crippen molar-refractivity contribution in [3.05, 3.63) is 47.2 Å². The molecule has 0 bridgehead atoms. The van der Waals surface area contributed by atoms with Gasteiger partial charge in [-0.25, -0.2) is 4.79 Å². The van der Waals surface area contributed by atoms with Crippen molar-refractivity contribution in [3.63, 3.8) is 0 Å². The van der Waals surface area contributed by atoms with Crippen molar-refractivity contribution in [2.45, 2.75) is 6.42 Å². The normalized spacial score (nSPS) is 10.4. The highest BCUT2D eigenvalue weighted by atomic mass is 16.4. The number of carboxylic acid groups (broad SMARTS) is 1. The molecule has 0 amide bonds. The topological polar surface area (TPSA) is 81.1 Å². The van der Waals surface area contributed by atoms with Crippen molar-refractivity contribution in [2.24, 2.45) is 7.05 Å². The Morgan fingerprint density at radius 2 is 2.06 bits per heavy atom. The Balaban J connectivity index is 2.40. The SMILES string of the molecule is Cn1nc(Cc2ccccc2)c(C(=O)O)c1N. The quantitative estimate of drug-likeness (QED) is 0.834. The number of carboxylic acids is 1. The fourth-order valence-electron chi connectivity index (χ4n) is 1.74. The Kier molecular flexibility index (Phi) is 2.82. The third kappa shape index (κ3) is 2.13. The largest absolute Gasteiger partial charge is 0.477 e. The van der Waals surface area contributed by atoms with E-state index in [0.29, 0.717) is 12.1 Å². The maximum Gasteiger partial charge on any atom is 0.341 e. The number of nitrogens with zero attached hydrogens (tertiary/aromatic N) is 2. The van der Waals surface area contributed by atoms with Gasteiger partial charge in [0.05, 0.1) is 5.69 Å². The standard InChI is InChI=1S/C12H13N3O2/c1-15-11(13)10(12(16)17)9(14-15)7-8-5-3-2-4-6-8/h2-6H,7,13H2,1H3,(H,16,17). The van der Waals surface area contributed by atoms with E-state index in [1.165, 1.54) is 4.68 Å². The zero-order valence-corrected chi connectivity index (χ0v) is 9.42. The van der Waals surface area contributed by atoms with Gasteiger partial charge in [-0.1, -0.05) is 30.3 Å². The molecule has 0 spiro atoms. The lowest BCUT2D eigenvalue weighted by Crippen LogP contribution is -2.05. The minimum Gasteiger partial charge on any atom is -0.477 e. The highest BCUT2D eigenvalue weighted by Crippen LogP contribution is 2.19. The van der Waals surface area contributed by atoms with Crippen molar-refractivity contribution < 1.29 is 9.90 Å². The van der Waals surface area contributed by atoms with Crippen LogP contribution in [0.25, 0.3) is 0 Å². The van der Waals surface area contributed by atoms with Gasteiger partial charge in [0.15, 0.2) is 0 Å². The van der Waals surface area contributed by atoms with Gasteiger partial charge in [-0.3, -0.25) is 4.68 Å². The summed E-state index contributed by atoms with van der Waals surface area (Å²) >= 11 is 0. The van der Waals surface area contributed by atoms with Crippen molar-refractivity contribution in [1.82, 2.24) is 9.78 Å². The number of nitrogen functional groups attached to an aromatic ring is 1. The maximum atomic E-state index is 11.1. The first-order valence-electron chi connectivity index (χ1n) is 5.18. The van der Waals surface area contributed by atoms with Gasteiger partial charge in [-0.15, -0.1) is 0 Å². The molecular weight excluding hydrogens is 218 g/mol. The van der Waals surface area contributed by atoms with E-state index in [9.17, 15) is 4.79 Å². The molecule has 17 heavy (non-hydrogen) atoms. The van der Waals surface area contributed by atoms with Gasteiger partial charge < -0.3 is 10.8 Å². The van der Waals surface area contributed by atoms with E-state index < -0.39 is 5.97 Å². The zero-order chi connectivity index (χ0) is 12.4. The van der Waals surface area contributed by atoms with Crippen LogP contribution in [0.5, 0.6) is 0 Å². The van der Waals surface area contributed by atoms with Gasteiger partial charge in [0.2, 0.25) is 0 Å². The summed E-state index contributed by atoms with van der Waals surface area (Å²) in [4.78, 5) is 11.1. The number of anilines is 1. The molecule has 1 aromatic carbocycles. The lowest BCUT2D eigenvalue weighted by Gasteiger charge is -1.99. The Hall–Kier alpha value is -2.30. The maximum absolute atomic E-state index is 11.1. The van der Waals surface area contributed by atoms with Crippen LogP contribution in [0.4, 0.5) is 5.82 Å². The highest BCUT2D eigenvalue weighted by Gasteiger charge is 2.20. The predicted octanol–water partition coefficient (Wildman–Crippen LogP) is 1.29. The first-order chi connectivity index (χ1) is 8.09. The molecule has 2 rings (SSSR count). The Bertz CT molecular complexity index is 546. The molecule has 2 aromatic rings. The fourth-order valence-corrected chi connectivity index (χ4v) is 1.74. The number of rotatable bonds is 3. The monoisotopic (exact) mass is 231 g/mol. The van der Waals surface area contributed by atoms with Crippen LogP contribution in [-0.4, -0.2) is 20.9 Å². The fraction of sp³-hybridized carbons (Fsp3) is 0.167. The molecule has 0 radical (unpaired) electrons. The van der Waals surface area contributed by atoms with Crippen LogP contribution in [0.15, 0.2) is 30.3 Å².